The van der Waals surface area contributed by atoms with Crippen LogP contribution >= 0.6 is 11.3 Å². The molecule has 4 aromatic rings. The van der Waals surface area contributed by atoms with Crippen molar-refractivity contribution in [2.45, 2.75) is 19.8 Å². The van der Waals surface area contributed by atoms with Crippen LogP contribution in [-0.2, 0) is 0 Å². The molecule has 3 heterocycles. The Bertz CT molecular complexity index is 1190. The van der Waals surface area contributed by atoms with Crippen LogP contribution in [0, 0.1) is 6.92 Å². The second-order valence-corrected chi connectivity index (χ2v) is 7.82. The van der Waals surface area contributed by atoms with Crippen LogP contribution in [0.15, 0.2) is 40.5 Å². The van der Waals surface area contributed by atoms with Crippen LogP contribution < -0.4 is 16.5 Å². The third kappa shape index (κ3) is 2.99. The fourth-order valence-electron chi connectivity index (χ4n) is 3.70. The highest BCUT2D eigenvalue weighted by atomic mass is 32.1. The van der Waals surface area contributed by atoms with Crippen molar-refractivity contribution in [3.63, 3.8) is 0 Å². The highest BCUT2D eigenvalue weighted by Gasteiger charge is 2.17. The number of nitrogens with zero attached hydrogens (tertiary/aromatic N) is 1. The Kier molecular flexibility index (Phi) is 4.62. The number of thiophene rings is 1. The first-order valence-corrected chi connectivity index (χ1v) is 9.83. The van der Waals surface area contributed by atoms with Crippen molar-refractivity contribution in [3.05, 3.63) is 57.3 Å². The summed E-state index contributed by atoms with van der Waals surface area (Å²) >= 11 is 1.44. The van der Waals surface area contributed by atoms with Gasteiger partial charge >= 0.3 is 0 Å². The third-order valence-electron chi connectivity index (χ3n) is 5.06. The van der Waals surface area contributed by atoms with Crippen molar-refractivity contribution in [2.24, 2.45) is 0 Å². The molecule has 1 aromatic carbocycles. The standard InChI is InChI=1S/C21H20BN3OS/c1-11(10-23-3)13-4-6-14(7-5-13)16-17-15-8-9-27-19(15)21(26)25-18(17)12(2)24-20(16)22/h4-9,11,23H,10H2,1-3H3,(H,25,26). The zero-order chi connectivity index (χ0) is 19.1. The van der Waals surface area contributed by atoms with Crippen molar-refractivity contribution in [3.8, 4) is 11.1 Å². The van der Waals surface area contributed by atoms with Gasteiger partial charge in [0.25, 0.3) is 5.56 Å². The molecule has 0 aliphatic rings. The summed E-state index contributed by atoms with van der Waals surface area (Å²) in [6.07, 6.45) is 0. The number of pyridine rings is 2. The number of H-pyrrole nitrogens is 1. The van der Waals surface area contributed by atoms with Gasteiger partial charge in [-0.3, -0.25) is 9.78 Å². The number of aromatic amines is 1. The van der Waals surface area contributed by atoms with E-state index in [0.29, 0.717) is 16.2 Å². The molecule has 0 spiro atoms. The number of fused-ring (bicyclic) bond motifs is 3. The summed E-state index contributed by atoms with van der Waals surface area (Å²) in [6.45, 7) is 4.99. The highest BCUT2D eigenvalue weighted by molar-refractivity contribution is 7.17. The van der Waals surface area contributed by atoms with Crippen LogP contribution in [0.1, 0.15) is 24.1 Å². The lowest BCUT2D eigenvalue weighted by molar-refractivity contribution is 0.678. The SMILES string of the molecule is [B]c1nc(C)c2[nH]c(=O)c3sccc3c2c1-c1ccc(C(C)CNC)cc1. The lowest BCUT2D eigenvalue weighted by atomic mass is 9.87. The molecule has 0 saturated heterocycles. The Morgan fingerprint density at radius 1 is 1.26 bits per heavy atom. The molecule has 4 nitrogen and oxygen atoms in total. The molecule has 0 fully saturated rings. The van der Waals surface area contributed by atoms with Crippen molar-refractivity contribution < 1.29 is 0 Å². The van der Waals surface area contributed by atoms with E-state index in [2.05, 4.69) is 46.5 Å². The van der Waals surface area contributed by atoms with Gasteiger partial charge in [-0.15, -0.1) is 11.3 Å². The predicted molar refractivity (Wildman–Crippen MR) is 116 cm³/mol. The molecule has 6 heteroatoms. The van der Waals surface area contributed by atoms with Gasteiger partial charge in [0.15, 0.2) is 0 Å². The van der Waals surface area contributed by atoms with Gasteiger partial charge in [-0.2, -0.15) is 0 Å². The lowest BCUT2D eigenvalue weighted by Crippen LogP contribution is -2.17. The van der Waals surface area contributed by atoms with Gasteiger partial charge in [0.1, 0.15) is 12.5 Å². The van der Waals surface area contributed by atoms with Crippen LogP contribution in [-0.4, -0.2) is 31.4 Å². The van der Waals surface area contributed by atoms with Crippen molar-refractivity contribution in [1.82, 2.24) is 15.3 Å². The fourth-order valence-corrected chi connectivity index (χ4v) is 4.49. The summed E-state index contributed by atoms with van der Waals surface area (Å²) in [5.41, 5.74) is 5.04. The maximum atomic E-state index is 12.4. The van der Waals surface area contributed by atoms with E-state index in [0.717, 1.165) is 39.7 Å². The molecule has 0 saturated carbocycles. The summed E-state index contributed by atoms with van der Waals surface area (Å²) in [5.74, 6) is 0.425. The van der Waals surface area contributed by atoms with Crippen LogP contribution in [0.2, 0.25) is 0 Å². The summed E-state index contributed by atoms with van der Waals surface area (Å²) in [6, 6.07) is 10.4. The van der Waals surface area contributed by atoms with E-state index in [1.807, 2.05) is 25.4 Å². The number of aromatic nitrogens is 2. The third-order valence-corrected chi connectivity index (χ3v) is 5.98. The second-order valence-electron chi connectivity index (χ2n) is 6.91. The summed E-state index contributed by atoms with van der Waals surface area (Å²) in [5, 5.41) is 7.05. The Hall–Kier alpha value is -2.44. The van der Waals surface area contributed by atoms with Gasteiger partial charge in [0, 0.05) is 22.9 Å². The minimum absolute atomic E-state index is 0.0793. The van der Waals surface area contributed by atoms with Gasteiger partial charge in [-0.1, -0.05) is 31.2 Å². The molecule has 0 bridgehead atoms. The van der Waals surface area contributed by atoms with Gasteiger partial charge in [0.05, 0.1) is 11.2 Å². The van der Waals surface area contributed by atoms with E-state index in [4.69, 9.17) is 7.85 Å². The van der Waals surface area contributed by atoms with Crippen LogP contribution in [0.4, 0.5) is 0 Å². The average molecular weight is 373 g/mol. The topological polar surface area (TPSA) is 57.8 Å². The zero-order valence-corrected chi connectivity index (χ0v) is 16.4. The number of rotatable bonds is 4. The number of benzene rings is 1. The second kappa shape index (κ2) is 6.95. The molecular weight excluding hydrogens is 353 g/mol. The first-order chi connectivity index (χ1) is 13.0. The summed E-state index contributed by atoms with van der Waals surface area (Å²) in [7, 11) is 8.31. The molecule has 0 aliphatic heterocycles. The Morgan fingerprint density at radius 3 is 2.70 bits per heavy atom. The van der Waals surface area contributed by atoms with Crippen molar-refractivity contribution in [2.75, 3.05) is 13.6 Å². The predicted octanol–water partition coefficient (Wildman–Crippen LogP) is 3.23. The maximum Gasteiger partial charge on any atom is 0.266 e. The van der Waals surface area contributed by atoms with E-state index >= 15 is 0 Å². The molecule has 2 N–H and O–H groups in total. The van der Waals surface area contributed by atoms with Crippen LogP contribution in [0.5, 0.6) is 0 Å². The van der Waals surface area contributed by atoms with Crippen molar-refractivity contribution in [1.29, 1.82) is 0 Å². The molecule has 27 heavy (non-hydrogen) atoms. The van der Waals surface area contributed by atoms with E-state index in [9.17, 15) is 4.79 Å². The van der Waals surface area contributed by atoms with Gasteiger partial charge in [-0.05, 0) is 48.1 Å². The maximum absolute atomic E-state index is 12.4. The first-order valence-electron chi connectivity index (χ1n) is 8.95. The Labute approximate surface area is 163 Å². The molecule has 2 radical (unpaired) electrons. The molecule has 0 aliphatic carbocycles. The highest BCUT2D eigenvalue weighted by Crippen LogP contribution is 2.33. The summed E-state index contributed by atoms with van der Waals surface area (Å²) < 4.78 is 0.716. The monoisotopic (exact) mass is 373 g/mol. The minimum atomic E-state index is -0.0793. The molecule has 1 unspecified atom stereocenters. The number of likely N-dealkylation sites (N-methyl/N-ethyl adjacent to an activating group) is 1. The average Bonchev–Trinajstić information content (AvgIpc) is 3.14. The fraction of sp³-hybridized carbons (Fsp3) is 0.238. The molecule has 1 atom stereocenters. The number of aryl methyl sites for hydroxylation is 1. The molecule has 4 rings (SSSR count). The molecule has 134 valence electrons. The molecular formula is C21H20BN3OS. The zero-order valence-electron chi connectivity index (χ0n) is 15.6. The quantitative estimate of drug-likeness (QED) is 0.540. The largest absolute Gasteiger partial charge is 0.319 e. The van der Waals surface area contributed by atoms with Crippen LogP contribution in [0.25, 0.3) is 32.1 Å². The van der Waals surface area contributed by atoms with Crippen LogP contribution in [0.3, 0.4) is 0 Å². The van der Waals surface area contributed by atoms with E-state index < -0.39 is 0 Å². The lowest BCUT2D eigenvalue weighted by Gasteiger charge is -2.15. The Morgan fingerprint density at radius 2 is 2.00 bits per heavy atom. The summed E-state index contributed by atoms with van der Waals surface area (Å²) in [4.78, 5) is 19.9. The van der Waals surface area contributed by atoms with Crippen molar-refractivity contribution >= 4 is 45.8 Å². The number of hydrogen-bond donors (Lipinski definition) is 2. The molecule has 0 amide bonds. The smallest absolute Gasteiger partial charge is 0.266 e. The number of hydrogen-bond acceptors (Lipinski definition) is 4. The molecule has 3 aromatic heterocycles. The van der Waals surface area contributed by atoms with E-state index in [1.165, 1.54) is 16.9 Å². The van der Waals surface area contributed by atoms with Gasteiger partial charge in [0.2, 0.25) is 0 Å². The van der Waals surface area contributed by atoms with Gasteiger partial charge in [-0.25, -0.2) is 0 Å². The van der Waals surface area contributed by atoms with Gasteiger partial charge < -0.3 is 10.3 Å². The van der Waals surface area contributed by atoms with E-state index in [-0.39, 0.29) is 5.56 Å². The first kappa shape index (κ1) is 18.0. The Balaban J connectivity index is 1.99. The normalized spacial score (nSPS) is 12.7. The van der Waals surface area contributed by atoms with E-state index in [1.54, 1.807) is 0 Å². The number of nitrogens with one attached hydrogen (secondary N) is 2. The minimum Gasteiger partial charge on any atom is -0.319 e.